The van der Waals surface area contributed by atoms with Crippen molar-refractivity contribution in [2.45, 2.75) is 26.8 Å². The number of hydrogen-bond acceptors (Lipinski definition) is 7. The lowest BCUT2D eigenvalue weighted by Gasteiger charge is -2.10. The number of thiophene rings is 1. The van der Waals surface area contributed by atoms with Gasteiger partial charge in [-0.15, -0.1) is 11.3 Å². The summed E-state index contributed by atoms with van der Waals surface area (Å²) in [6.07, 6.45) is 1.78. The third kappa shape index (κ3) is 3.54. The SMILES string of the molecule is COCCNc1nc(-c2ccc(C(C)=O)s2)nc2c1ncn2C(C)C. The fourth-order valence-electron chi connectivity index (χ4n) is 2.45. The maximum atomic E-state index is 11.6. The van der Waals surface area contributed by atoms with Crippen LogP contribution in [0.1, 0.15) is 36.5 Å². The summed E-state index contributed by atoms with van der Waals surface area (Å²) in [7, 11) is 1.66. The molecule has 3 heterocycles. The van der Waals surface area contributed by atoms with E-state index in [1.807, 2.05) is 16.7 Å². The van der Waals surface area contributed by atoms with Gasteiger partial charge in [-0.1, -0.05) is 0 Å². The maximum absolute atomic E-state index is 11.6. The Bertz CT molecular complexity index is 900. The zero-order valence-corrected chi connectivity index (χ0v) is 15.6. The molecular weight excluding hydrogens is 338 g/mol. The average Bonchev–Trinajstić information content (AvgIpc) is 3.22. The quantitative estimate of drug-likeness (QED) is 0.514. The average molecular weight is 359 g/mol. The molecule has 0 aliphatic heterocycles. The number of nitrogens with one attached hydrogen (secondary N) is 1. The number of carbonyl (C=O) groups excluding carboxylic acids is 1. The van der Waals surface area contributed by atoms with Gasteiger partial charge >= 0.3 is 0 Å². The number of aromatic nitrogens is 4. The van der Waals surface area contributed by atoms with E-state index in [9.17, 15) is 4.79 Å². The molecule has 132 valence electrons. The fraction of sp³-hybridized carbons (Fsp3) is 0.412. The molecule has 3 aromatic rings. The van der Waals surface area contributed by atoms with Gasteiger partial charge in [-0.05, 0) is 32.9 Å². The van der Waals surface area contributed by atoms with Crippen LogP contribution in [-0.2, 0) is 4.74 Å². The summed E-state index contributed by atoms with van der Waals surface area (Å²) in [4.78, 5) is 26.9. The van der Waals surface area contributed by atoms with Crippen molar-refractivity contribution in [1.29, 1.82) is 0 Å². The highest BCUT2D eigenvalue weighted by Gasteiger charge is 2.17. The van der Waals surface area contributed by atoms with Crippen LogP contribution < -0.4 is 5.32 Å². The van der Waals surface area contributed by atoms with Crippen molar-refractivity contribution in [3.8, 4) is 10.7 Å². The predicted molar refractivity (Wildman–Crippen MR) is 99.4 cm³/mol. The number of ether oxygens (including phenoxy) is 1. The molecule has 3 rings (SSSR count). The minimum Gasteiger partial charge on any atom is -0.383 e. The molecule has 0 bridgehead atoms. The molecule has 7 nitrogen and oxygen atoms in total. The van der Waals surface area contributed by atoms with Gasteiger partial charge in [0.2, 0.25) is 0 Å². The summed E-state index contributed by atoms with van der Waals surface area (Å²) in [6.45, 7) is 6.92. The van der Waals surface area contributed by atoms with Crippen LogP contribution in [0.4, 0.5) is 5.82 Å². The minimum absolute atomic E-state index is 0.0444. The van der Waals surface area contributed by atoms with Crippen molar-refractivity contribution in [1.82, 2.24) is 19.5 Å². The normalized spacial score (nSPS) is 11.4. The Morgan fingerprint density at radius 2 is 2.16 bits per heavy atom. The summed E-state index contributed by atoms with van der Waals surface area (Å²) in [5.74, 6) is 1.31. The first kappa shape index (κ1) is 17.5. The van der Waals surface area contributed by atoms with E-state index in [4.69, 9.17) is 9.72 Å². The van der Waals surface area contributed by atoms with Gasteiger partial charge in [0.15, 0.2) is 23.1 Å². The van der Waals surface area contributed by atoms with E-state index < -0.39 is 0 Å². The number of carbonyl (C=O) groups is 1. The lowest BCUT2D eigenvalue weighted by Crippen LogP contribution is -2.10. The minimum atomic E-state index is 0.0444. The largest absolute Gasteiger partial charge is 0.383 e. The van der Waals surface area contributed by atoms with Gasteiger partial charge in [-0.2, -0.15) is 0 Å². The van der Waals surface area contributed by atoms with Crippen molar-refractivity contribution in [3.05, 3.63) is 23.3 Å². The molecule has 3 aromatic heterocycles. The smallest absolute Gasteiger partial charge is 0.174 e. The van der Waals surface area contributed by atoms with Crippen molar-refractivity contribution >= 4 is 34.1 Å². The number of rotatable bonds is 7. The van der Waals surface area contributed by atoms with Crippen LogP contribution in [-0.4, -0.2) is 45.6 Å². The topological polar surface area (TPSA) is 81.9 Å². The number of ketones is 1. The lowest BCUT2D eigenvalue weighted by atomic mass is 10.3. The van der Waals surface area contributed by atoms with Gasteiger partial charge in [-0.25, -0.2) is 15.0 Å². The molecule has 0 aromatic carbocycles. The van der Waals surface area contributed by atoms with E-state index in [-0.39, 0.29) is 11.8 Å². The number of imidazole rings is 1. The van der Waals surface area contributed by atoms with Gasteiger partial charge < -0.3 is 14.6 Å². The molecule has 0 atom stereocenters. The molecule has 0 aliphatic rings. The standard InChI is InChI=1S/C17H21N5O2S/c1-10(2)22-9-19-14-16(18-7-8-24-4)20-15(21-17(14)22)13-6-5-12(25-13)11(3)23/h5-6,9-10H,7-8H2,1-4H3,(H,18,20,21). The zero-order chi connectivity index (χ0) is 18.0. The summed E-state index contributed by atoms with van der Waals surface area (Å²) in [6, 6.07) is 3.93. The van der Waals surface area contributed by atoms with Gasteiger partial charge in [0.25, 0.3) is 0 Å². The number of fused-ring (bicyclic) bond motifs is 1. The first-order valence-corrected chi connectivity index (χ1v) is 8.91. The third-order valence-electron chi connectivity index (χ3n) is 3.75. The predicted octanol–water partition coefficient (Wildman–Crippen LogP) is 3.40. The van der Waals surface area contributed by atoms with E-state index >= 15 is 0 Å². The maximum Gasteiger partial charge on any atom is 0.174 e. The highest BCUT2D eigenvalue weighted by atomic mass is 32.1. The fourth-order valence-corrected chi connectivity index (χ4v) is 3.28. The molecule has 0 aliphatic carbocycles. The van der Waals surface area contributed by atoms with E-state index in [0.29, 0.717) is 29.7 Å². The highest BCUT2D eigenvalue weighted by Crippen LogP contribution is 2.30. The van der Waals surface area contributed by atoms with E-state index in [1.54, 1.807) is 20.4 Å². The Morgan fingerprint density at radius 1 is 1.36 bits per heavy atom. The number of methoxy groups -OCH3 is 1. The molecule has 25 heavy (non-hydrogen) atoms. The first-order valence-electron chi connectivity index (χ1n) is 8.09. The van der Waals surface area contributed by atoms with Gasteiger partial charge in [0, 0.05) is 19.7 Å². The van der Waals surface area contributed by atoms with Crippen LogP contribution in [0.25, 0.3) is 21.9 Å². The van der Waals surface area contributed by atoms with Crippen molar-refractivity contribution in [3.63, 3.8) is 0 Å². The molecule has 0 saturated carbocycles. The van der Waals surface area contributed by atoms with Gasteiger partial charge in [0.05, 0.1) is 22.7 Å². The first-order chi connectivity index (χ1) is 12.0. The summed E-state index contributed by atoms with van der Waals surface area (Å²) >= 11 is 1.40. The molecule has 0 spiro atoms. The van der Waals surface area contributed by atoms with Gasteiger partial charge in [-0.3, -0.25) is 4.79 Å². The van der Waals surface area contributed by atoms with Crippen molar-refractivity contribution in [2.24, 2.45) is 0 Å². The number of hydrogen-bond donors (Lipinski definition) is 1. The van der Waals surface area contributed by atoms with E-state index in [2.05, 4.69) is 29.1 Å². The molecule has 0 radical (unpaired) electrons. The van der Waals surface area contributed by atoms with Crippen LogP contribution in [0.2, 0.25) is 0 Å². The van der Waals surface area contributed by atoms with Crippen LogP contribution in [0, 0.1) is 0 Å². The zero-order valence-electron chi connectivity index (χ0n) is 14.7. The molecule has 0 unspecified atom stereocenters. The second-order valence-electron chi connectivity index (χ2n) is 5.95. The number of anilines is 1. The van der Waals surface area contributed by atoms with E-state index in [0.717, 1.165) is 16.0 Å². The monoisotopic (exact) mass is 359 g/mol. The highest BCUT2D eigenvalue weighted by molar-refractivity contribution is 7.17. The third-order valence-corrected chi connectivity index (χ3v) is 4.93. The van der Waals surface area contributed by atoms with Crippen LogP contribution >= 0.6 is 11.3 Å². The second kappa shape index (κ2) is 7.28. The van der Waals surface area contributed by atoms with Crippen LogP contribution in [0.5, 0.6) is 0 Å². The Balaban J connectivity index is 2.10. The lowest BCUT2D eigenvalue weighted by molar-refractivity contribution is 0.102. The molecule has 0 saturated heterocycles. The molecule has 1 N–H and O–H groups in total. The van der Waals surface area contributed by atoms with Crippen LogP contribution in [0.3, 0.4) is 0 Å². The second-order valence-corrected chi connectivity index (χ2v) is 7.04. The van der Waals surface area contributed by atoms with Crippen molar-refractivity contribution < 1.29 is 9.53 Å². The Kier molecular flexibility index (Phi) is 5.10. The molecule has 0 fully saturated rings. The summed E-state index contributed by atoms with van der Waals surface area (Å²) in [5.41, 5.74) is 1.51. The van der Waals surface area contributed by atoms with E-state index in [1.165, 1.54) is 11.3 Å². The Morgan fingerprint density at radius 3 is 2.80 bits per heavy atom. The van der Waals surface area contributed by atoms with Gasteiger partial charge in [0.1, 0.15) is 5.52 Å². The number of Topliss-reactive ketones (excluding diaryl/α,β-unsaturated/α-hetero) is 1. The Labute approximate surface area is 150 Å². The summed E-state index contributed by atoms with van der Waals surface area (Å²) < 4.78 is 7.11. The van der Waals surface area contributed by atoms with Crippen LogP contribution in [0.15, 0.2) is 18.5 Å². The summed E-state index contributed by atoms with van der Waals surface area (Å²) in [5, 5.41) is 3.27. The molecular formula is C17H21N5O2S. The molecule has 0 amide bonds. The Hall–Kier alpha value is -2.32. The number of nitrogens with zero attached hydrogens (tertiary/aromatic N) is 4. The van der Waals surface area contributed by atoms with Crippen molar-refractivity contribution in [2.75, 3.05) is 25.6 Å². The molecule has 8 heteroatoms.